The Hall–Kier alpha value is -0.700. The molecule has 4 heteroatoms. The van der Waals surface area contributed by atoms with Gasteiger partial charge in [-0.25, -0.2) is 0 Å². The van der Waals surface area contributed by atoms with Crippen LogP contribution in [-0.4, -0.2) is 6.18 Å². The highest BCUT2D eigenvalue weighted by Crippen LogP contribution is 2.37. The molecule has 0 fully saturated rings. The topological polar surface area (TPSA) is 0 Å². The van der Waals surface area contributed by atoms with E-state index >= 15 is 0 Å². The highest BCUT2D eigenvalue weighted by Gasteiger charge is 2.37. The van der Waals surface area contributed by atoms with Crippen molar-refractivity contribution in [1.82, 2.24) is 0 Å². The van der Waals surface area contributed by atoms with Crippen LogP contribution in [0.2, 0.25) is 0 Å². The molecule has 0 aromatic rings. The zero-order valence-electron chi connectivity index (χ0n) is 9.00. The molecule has 86 valence electrons. The van der Waals surface area contributed by atoms with Crippen molar-refractivity contribution in [2.45, 2.75) is 33.4 Å². The van der Waals surface area contributed by atoms with Crippen molar-refractivity contribution in [2.75, 3.05) is 0 Å². The van der Waals surface area contributed by atoms with Gasteiger partial charge in [0.15, 0.2) is 0 Å². The van der Waals surface area contributed by atoms with Crippen molar-refractivity contribution in [3.05, 3.63) is 34.4 Å². The van der Waals surface area contributed by atoms with Crippen LogP contribution >= 0.6 is 11.6 Å². The van der Waals surface area contributed by atoms with E-state index < -0.39 is 11.7 Å². The van der Waals surface area contributed by atoms with E-state index in [-0.39, 0.29) is 10.6 Å². The van der Waals surface area contributed by atoms with Gasteiger partial charge in [-0.15, -0.1) is 0 Å². The molecule has 0 aromatic carbocycles. The molecule has 0 aromatic heterocycles. The summed E-state index contributed by atoms with van der Waals surface area (Å²) in [7, 11) is 0. The number of halogens is 4. The average Bonchev–Trinajstić information content (AvgIpc) is 2.14. The summed E-state index contributed by atoms with van der Waals surface area (Å²) in [5, 5.41) is -0.267. The largest absolute Gasteiger partial charge is 0.417 e. The van der Waals surface area contributed by atoms with Crippen LogP contribution in [0, 0.1) is 0 Å². The summed E-state index contributed by atoms with van der Waals surface area (Å²) in [6.45, 7) is 8.00. The van der Waals surface area contributed by atoms with Crippen LogP contribution < -0.4 is 0 Å². The second-order valence-electron chi connectivity index (χ2n) is 3.21. The van der Waals surface area contributed by atoms with Crippen molar-refractivity contribution < 1.29 is 13.2 Å². The minimum Gasteiger partial charge on any atom is -0.166 e. The fourth-order valence-corrected chi connectivity index (χ4v) is 1.36. The van der Waals surface area contributed by atoms with E-state index in [4.69, 9.17) is 11.6 Å². The Kier molecular flexibility index (Phi) is 5.15. The van der Waals surface area contributed by atoms with Crippen molar-refractivity contribution in [2.24, 2.45) is 0 Å². The normalized spacial score (nSPS) is 15.7. The number of rotatable bonds is 3. The Morgan fingerprint density at radius 3 is 2.07 bits per heavy atom. The number of alkyl halides is 3. The zero-order valence-corrected chi connectivity index (χ0v) is 9.76. The van der Waals surface area contributed by atoms with Crippen LogP contribution in [0.1, 0.15) is 27.2 Å². The van der Waals surface area contributed by atoms with Gasteiger partial charge in [0.2, 0.25) is 0 Å². The minimum atomic E-state index is -4.42. The third-order valence-corrected chi connectivity index (χ3v) is 2.60. The van der Waals surface area contributed by atoms with Gasteiger partial charge >= 0.3 is 6.18 Å². The molecule has 0 heterocycles. The van der Waals surface area contributed by atoms with Crippen molar-refractivity contribution >= 4 is 11.6 Å². The lowest BCUT2D eigenvalue weighted by Crippen LogP contribution is -2.14. The van der Waals surface area contributed by atoms with Gasteiger partial charge in [0.1, 0.15) is 0 Å². The Balaban J connectivity index is 5.65. The number of hydrogen-bond donors (Lipinski definition) is 0. The van der Waals surface area contributed by atoms with E-state index in [1.165, 1.54) is 19.9 Å². The third kappa shape index (κ3) is 3.74. The molecule has 0 aliphatic heterocycles. The number of hydrogen-bond acceptors (Lipinski definition) is 0. The summed E-state index contributed by atoms with van der Waals surface area (Å²) in [4.78, 5) is 0. The fourth-order valence-electron chi connectivity index (χ4n) is 1.02. The molecule has 15 heavy (non-hydrogen) atoms. The molecule has 0 rings (SSSR count). The molecule has 0 saturated heterocycles. The molecule has 0 bridgehead atoms. The monoisotopic (exact) mass is 238 g/mol. The summed E-state index contributed by atoms with van der Waals surface area (Å²) < 4.78 is 38.1. The Morgan fingerprint density at radius 2 is 1.80 bits per heavy atom. The van der Waals surface area contributed by atoms with Crippen LogP contribution in [0.5, 0.6) is 0 Å². The van der Waals surface area contributed by atoms with Gasteiger partial charge in [0, 0.05) is 0 Å². The zero-order chi connectivity index (χ0) is 12.2. The Labute approximate surface area is 93.1 Å². The molecule has 0 aliphatic rings. The first-order valence-electron chi connectivity index (χ1n) is 4.51. The Morgan fingerprint density at radius 1 is 1.33 bits per heavy atom. The third-order valence-electron chi connectivity index (χ3n) is 2.11. The first kappa shape index (κ1) is 14.3. The van der Waals surface area contributed by atoms with Gasteiger partial charge in [-0.2, -0.15) is 13.2 Å². The molecular weight excluding hydrogens is 225 g/mol. The van der Waals surface area contributed by atoms with E-state index in [1.54, 1.807) is 6.92 Å². The first-order chi connectivity index (χ1) is 6.75. The van der Waals surface area contributed by atoms with Gasteiger partial charge in [-0.05, 0) is 25.8 Å². The molecule has 0 unspecified atom stereocenters. The summed E-state index contributed by atoms with van der Waals surface area (Å²) >= 11 is 5.69. The summed E-state index contributed by atoms with van der Waals surface area (Å²) in [5.74, 6) is 0. The number of allylic oxidation sites excluding steroid dienone is 5. The van der Waals surface area contributed by atoms with Crippen molar-refractivity contribution in [3.63, 3.8) is 0 Å². The van der Waals surface area contributed by atoms with Gasteiger partial charge in [0.25, 0.3) is 0 Å². The van der Waals surface area contributed by atoms with E-state index in [2.05, 4.69) is 6.58 Å². The van der Waals surface area contributed by atoms with Crippen LogP contribution in [0.15, 0.2) is 34.4 Å². The summed E-state index contributed by atoms with van der Waals surface area (Å²) in [6.07, 6.45) is -2.78. The summed E-state index contributed by atoms with van der Waals surface area (Å²) in [6, 6.07) is 0. The standard InChI is InChI=1S/C11H14ClF3/c1-5-7(3)9(11(13,14)15)10(12)8(4)6-2/h6H,2,5H2,1,3-4H3. The maximum atomic E-state index is 12.7. The second kappa shape index (κ2) is 5.40. The molecule has 0 amide bonds. The molecule has 0 N–H and O–H groups in total. The van der Waals surface area contributed by atoms with Crippen molar-refractivity contribution in [1.29, 1.82) is 0 Å². The van der Waals surface area contributed by atoms with Crippen LogP contribution in [-0.2, 0) is 0 Å². The van der Waals surface area contributed by atoms with Crippen molar-refractivity contribution in [3.8, 4) is 0 Å². The molecule has 0 radical (unpaired) electrons. The van der Waals surface area contributed by atoms with E-state index in [0.29, 0.717) is 12.0 Å². The van der Waals surface area contributed by atoms with E-state index in [9.17, 15) is 13.2 Å². The smallest absolute Gasteiger partial charge is 0.166 e. The van der Waals surface area contributed by atoms with Gasteiger partial charge < -0.3 is 0 Å². The lowest BCUT2D eigenvalue weighted by atomic mass is 10.0. The molecule has 0 nitrogen and oxygen atoms in total. The van der Waals surface area contributed by atoms with Crippen LogP contribution in [0.25, 0.3) is 0 Å². The average molecular weight is 239 g/mol. The van der Waals surface area contributed by atoms with E-state index in [0.717, 1.165) is 0 Å². The highest BCUT2D eigenvalue weighted by atomic mass is 35.5. The molecule has 0 atom stereocenters. The first-order valence-corrected chi connectivity index (χ1v) is 4.89. The Bertz CT molecular complexity index is 308. The quantitative estimate of drug-likeness (QED) is 0.609. The highest BCUT2D eigenvalue weighted by molar-refractivity contribution is 6.32. The van der Waals surface area contributed by atoms with E-state index in [1.807, 2.05) is 0 Å². The predicted octanol–water partition coefficient (Wildman–Crippen LogP) is 4.97. The molecule has 0 spiro atoms. The molecular formula is C11H14ClF3. The SMILES string of the molecule is C=CC(C)=C(Cl)C(=C(C)CC)C(F)(F)F. The van der Waals surface area contributed by atoms with Gasteiger partial charge in [-0.1, -0.05) is 36.8 Å². The fraction of sp³-hybridized carbons (Fsp3) is 0.455. The molecule has 0 saturated carbocycles. The van der Waals surface area contributed by atoms with Crippen LogP contribution in [0.3, 0.4) is 0 Å². The van der Waals surface area contributed by atoms with Gasteiger partial charge in [0.05, 0.1) is 10.6 Å². The predicted molar refractivity (Wildman–Crippen MR) is 57.8 cm³/mol. The molecule has 0 aliphatic carbocycles. The summed E-state index contributed by atoms with van der Waals surface area (Å²) in [5.41, 5.74) is -0.186. The van der Waals surface area contributed by atoms with Crippen LogP contribution in [0.4, 0.5) is 13.2 Å². The second-order valence-corrected chi connectivity index (χ2v) is 3.59. The maximum Gasteiger partial charge on any atom is 0.417 e. The maximum absolute atomic E-state index is 12.7. The lowest BCUT2D eigenvalue weighted by Gasteiger charge is -2.15. The minimum absolute atomic E-state index is 0.230. The van der Waals surface area contributed by atoms with Gasteiger partial charge in [-0.3, -0.25) is 0 Å². The lowest BCUT2D eigenvalue weighted by molar-refractivity contribution is -0.0896.